The average molecular weight is 241 g/mol. The largest absolute Gasteiger partial charge is 0.378 e. The van der Waals surface area contributed by atoms with Crippen LogP contribution in [-0.4, -0.2) is 31.3 Å². The third-order valence-corrected chi connectivity index (χ3v) is 3.42. The molecule has 0 radical (unpaired) electrons. The van der Waals surface area contributed by atoms with Gasteiger partial charge in [0.25, 0.3) is 0 Å². The van der Waals surface area contributed by atoms with Gasteiger partial charge in [0, 0.05) is 25.1 Å². The van der Waals surface area contributed by atoms with Crippen LogP contribution in [0.4, 0.5) is 0 Å². The van der Waals surface area contributed by atoms with Crippen LogP contribution >= 0.6 is 0 Å². The lowest BCUT2D eigenvalue weighted by Gasteiger charge is -2.20. The van der Waals surface area contributed by atoms with Crippen LogP contribution in [0.25, 0.3) is 0 Å². The van der Waals surface area contributed by atoms with Gasteiger partial charge in [-0.15, -0.1) is 0 Å². The topological polar surface area (TPSA) is 59.6 Å². The van der Waals surface area contributed by atoms with Gasteiger partial charge in [-0.1, -0.05) is 20.8 Å². The number of hydrogen-bond donors (Lipinski definition) is 2. The first-order chi connectivity index (χ1) is 8.04. The smallest absolute Gasteiger partial charge is 0.188 e. The average Bonchev–Trinajstić information content (AvgIpc) is 2.74. The van der Waals surface area contributed by atoms with E-state index in [4.69, 9.17) is 10.5 Å². The van der Waals surface area contributed by atoms with Gasteiger partial charge >= 0.3 is 0 Å². The maximum Gasteiger partial charge on any atom is 0.188 e. The molecule has 1 fully saturated rings. The fraction of sp³-hybridized carbons (Fsp3) is 0.923. The van der Waals surface area contributed by atoms with Crippen molar-refractivity contribution in [3.8, 4) is 0 Å². The van der Waals surface area contributed by atoms with E-state index in [0.717, 1.165) is 26.0 Å². The zero-order valence-corrected chi connectivity index (χ0v) is 11.6. The lowest BCUT2D eigenvalue weighted by molar-refractivity contribution is 0.0559. The summed E-state index contributed by atoms with van der Waals surface area (Å²) in [7, 11) is 0. The zero-order valence-electron chi connectivity index (χ0n) is 11.6. The first-order valence-electron chi connectivity index (χ1n) is 6.72. The van der Waals surface area contributed by atoms with Crippen LogP contribution in [0.2, 0.25) is 0 Å². The van der Waals surface area contributed by atoms with Crippen molar-refractivity contribution in [1.29, 1.82) is 0 Å². The van der Waals surface area contributed by atoms with Gasteiger partial charge in [-0.3, -0.25) is 4.99 Å². The molecule has 0 aromatic rings. The molecule has 100 valence electrons. The maximum atomic E-state index is 5.85. The van der Waals surface area contributed by atoms with E-state index in [0.29, 0.717) is 29.9 Å². The van der Waals surface area contributed by atoms with E-state index in [1.807, 2.05) is 0 Å². The Morgan fingerprint density at radius 1 is 1.47 bits per heavy atom. The zero-order chi connectivity index (χ0) is 12.8. The molecule has 0 aromatic carbocycles. The molecule has 17 heavy (non-hydrogen) atoms. The number of ether oxygens (including phenoxy) is 1. The summed E-state index contributed by atoms with van der Waals surface area (Å²) < 4.78 is 5.73. The van der Waals surface area contributed by atoms with Crippen molar-refractivity contribution in [3.63, 3.8) is 0 Å². The number of guanidine groups is 1. The molecule has 1 aliphatic heterocycles. The molecule has 4 heteroatoms. The molecule has 0 spiro atoms. The SMILES string of the molecule is CCC(C)NC(N)=NCC1CCOC1C(C)C. The Balaban J connectivity index is 2.40. The third kappa shape index (κ3) is 4.54. The van der Waals surface area contributed by atoms with Crippen LogP contribution in [0.1, 0.15) is 40.5 Å². The van der Waals surface area contributed by atoms with Crippen molar-refractivity contribution in [2.75, 3.05) is 13.2 Å². The summed E-state index contributed by atoms with van der Waals surface area (Å²) in [6.45, 7) is 10.3. The van der Waals surface area contributed by atoms with E-state index in [9.17, 15) is 0 Å². The molecule has 1 aliphatic rings. The summed E-state index contributed by atoms with van der Waals surface area (Å²) in [5, 5.41) is 3.18. The number of aliphatic imine (C=N–C) groups is 1. The first kappa shape index (κ1) is 14.3. The highest BCUT2D eigenvalue weighted by atomic mass is 16.5. The monoisotopic (exact) mass is 241 g/mol. The molecule has 0 amide bonds. The van der Waals surface area contributed by atoms with Crippen molar-refractivity contribution < 1.29 is 4.74 Å². The second kappa shape index (κ2) is 6.84. The van der Waals surface area contributed by atoms with E-state index >= 15 is 0 Å². The highest BCUT2D eigenvalue weighted by Crippen LogP contribution is 2.26. The van der Waals surface area contributed by atoms with Crippen molar-refractivity contribution in [3.05, 3.63) is 0 Å². The molecule has 0 aliphatic carbocycles. The highest BCUT2D eigenvalue weighted by Gasteiger charge is 2.30. The van der Waals surface area contributed by atoms with Crippen LogP contribution in [0.3, 0.4) is 0 Å². The molecule has 0 saturated carbocycles. The van der Waals surface area contributed by atoms with Crippen LogP contribution in [0, 0.1) is 11.8 Å². The summed E-state index contributed by atoms with van der Waals surface area (Å²) in [4.78, 5) is 4.43. The lowest BCUT2D eigenvalue weighted by Crippen LogP contribution is -2.38. The van der Waals surface area contributed by atoms with E-state index in [2.05, 4.69) is 38.0 Å². The second-order valence-electron chi connectivity index (χ2n) is 5.31. The molecule has 1 rings (SSSR count). The van der Waals surface area contributed by atoms with Crippen LogP contribution in [0.15, 0.2) is 4.99 Å². The van der Waals surface area contributed by atoms with Gasteiger partial charge in [-0.25, -0.2) is 0 Å². The van der Waals surface area contributed by atoms with Gasteiger partial charge in [0.05, 0.1) is 6.10 Å². The Morgan fingerprint density at radius 3 is 2.76 bits per heavy atom. The molecule has 1 heterocycles. The highest BCUT2D eigenvalue weighted by molar-refractivity contribution is 5.78. The number of nitrogens with one attached hydrogen (secondary N) is 1. The molecule has 3 atom stereocenters. The second-order valence-corrected chi connectivity index (χ2v) is 5.31. The third-order valence-electron chi connectivity index (χ3n) is 3.42. The molecule has 1 saturated heterocycles. The summed E-state index contributed by atoms with van der Waals surface area (Å²) in [6.07, 6.45) is 2.50. The predicted molar refractivity (Wildman–Crippen MR) is 72.1 cm³/mol. The minimum Gasteiger partial charge on any atom is -0.378 e. The summed E-state index contributed by atoms with van der Waals surface area (Å²) >= 11 is 0. The minimum atomic E-state index is 0.343. The van der Waals surface area contributed by atoms with E-state index < -0.39 is 0 Å². The standard InChI is InChI=1S/C13H27N3O/c1-5-10(4)16-13(14)15-8-11-6-7-17-12(11)9(2)3/h9-12H,5-8H2,1-4H3,(H3,14,15,16). The van der Waals surface area contributed by atoms with Crippen molar-refractivity contribution >= 4 is 5.96 Å². The van der Waals surface area contributed by atoms with Crippen molar-refractivity contribution in [1.82, 2.24) is 5.32 Å². The summed E-state index contributed by atoms with van der Waals surface area (Å²) in [5.41, 5.74) is 5.85. The number of nitrogens with two attached hydrogens (primary N) is 1. The number of hydrogen-bond acceptors (Lipinski definition) is 2. The Morgan fingerprint density at radius 2 is 2.18 bits per heavy atom. The Kier molecular flexibility index (Phi) is 5.75. The summed E-state index contributed by atoms with van der Waals surface area (Å²) in [6, 6.07) is 0.388. The molecular weight excluding hydrogens is 214 g/mol. The quantitative estimate of drug-likeness (QED) is 0.569. The molecule has 4 nitrogen and oxygen atoms in total. The fourth-order valence-corrected chi connectivity index (χ4v) is 2.20. The lowest BCUT2D eigenvalue weighted by atomic mass is 9.93. The van der Waals surface area contributed by atoms with Gasteiger partial charge in [0.2, 0.25) is 0 Å². The van der Waals surface area contributed by atoms with Crippen molar-refractivity contribution in [2.24, 2.45) is 22.6 Å². The number of nitrogens with zero attached hydrogens (tertiary/aromatic N) is 1. The van der Waals surface area contributed by atoms with E-state index in [1.165, 1.54) is 0 Å². The Labute approximate surface area is 105 Å². The Bertz CT molecular complexity index is 253. The van der Waals surface area contributed by atoms with Crippen LogP contribution < -0.4 is 11.1 Å². The minimum absolute atomic E-state index is 0.343. The van der Waals surface area contributed by atoms with Gasteiger partial charge in [0.1, 0.15) is 0 Å². The number of rotatable bonds is 5. The van der Waals surface area contributed by atoms with Gasteiger partial charge in [-0.05, 0) is 25.7 Å². The molecule has 3 unspecified atom stereocenters. The van der Waals surface area contributed by atoms with Gasteiger partial charge < -0.3 is 15.8 Å². The maximum absolute atomic E-state index is 5.85. The molecule has 0 bridgehead atoms. The van der Waals surface area contributed by atoms with Crippen LogP contribution in [0.5, 0.6) is 0 Å². The summed E-state index contributed by atoms with van der Waals surface area (Å²) in [5.74, 6) is 1.64. The van der Waals surface area contributed by atoms with Crippen LogP contribution in [-0.2, 0) is 4.74 Å². The fourth-order valence-electron chi connectivity index (χ4n) is 2.20. The van der Waals surface area contributed by atoms with Crippen molar-refractivity contribution in [2.45, 2.75) is 52.7 Å². The molecule has 0 aromatic heterocycles. The first-order valence-corrected chi connectivity index (χ1v) is 6.72. The molecule has 3 N–H and O–H groups in total. The van der Waals surface area contributed by atoms with Gasteiger partial charge in [0.15, 0.2) is 5.96 Å². The Hall–Kier alpha value is -0.770. The van der Waals surface area contributed by atoms with E-state index in [-0.39, 0.29) is 0 Å². The predicted octanol–water partition coefficient (Wildman–Crippen LogP) is 1.75. The molecular formula is C13H27N3O. The van der Waals surface area contributed by atoms with E-state index in [1.54, 1.807) is 0 Å². The normalized spacial score (nSPS) is 27.5. The van der Waals surface area contributed by atoms with Gasteiger partial charge in [-0.2, -0.15) is 0 Å².